The van der Waals surface area contributed by atoms with Crippen molar-refractivity contribution >= 4 is 27.3 Å². The van der Waals surface area contributed by atoms with Crippen LogP contribution in [-0.2, 0) is 9.84 Å². The third-order valence-electron chi connectivity index (χ3n) is 4.34. The zero-order valence-corrected chi connectivity index (χ0v) is 16.2. The van der Waals surface area contributed by atoms with Crippen molar-refractivity contribution in [3.8, 4) is 11.1 Å². The summed E-state index contributed by atoms with van der Waals surface area (Å²) < 4.78 is 50.2. The standard InChI is InChI=1S/C19H18ClF2NO3S/c1-2-9-27(25,26)17-8-7-15(10-16(17)20)13-3-5-14(6-4-13)18(24)23-11-19(21,22)12-23/h3-8,10H,2,9,11-12H2,1H3. The molecular weight excluding hydrogens is 396 g/mol. The molecule has 0 aliphatic carbocycles. The van der Waals surface area contributed by atoms with E-state index in [2.05, 4.69) is 0 Å². The molecule has 0 aromatic heterocycles. The molecule has 2 aromatic rings. The van der Waals surface area contributed by atoms with E-state index in [0.29, 0.717) is 17.5 Å². The van der Waals surface area contributed by atoms with Gasteiger partial charge in [-0.3, -0.25) is 4.79 Å². The Balaban J connectivity index is 1.80. The van der Waals surface area contributed by atoms with Gasteiger partial charge in [0.25, 0.3) is 11.8 Å². The predicted molar refractivity (Wildman–Crippen MR) is 100 cm³/mol. The number of halogens is 3. The summed E-state index contributed by atoms with van der Waals surface area (Å²) >= 11 is 6.16. The fourth-order valence-electron chi connectivity index (χ4n) is 2.95. The quantitative estimate of drug-likeness (QED) is 0.735. The summed E-state index contributed by atoms with van der Waals surface area (Å²) in [6, 6.07) is 11.2. The average molecular weight is 414 g/mol. The van der Waals surface area contributed by atoms with Crippen molar-refractivity contribution in [2.75, 3.05) is 18.8 Å². The van der Waals surface area contributed by atoms with Crippen LogP contribution in [0.2, 0.25) is 5.02 Å². The van der Waals surface area contributed by atoms with E-state index in [-0.39, 0.29) is 15.7 Å². The predicted octanol–water partition coefficient (Wildman–Crippen LogP) is 4.28. The van der Waals surface area contributed by atoms with Gasteiger partial charge in [0.05, 0.1) is 28.8 Å². The lowest BCUT2D eigenvalue weighted by Crippen LogP contribution is -2.58. The van der Waals surface area contributed by atoms with Crippen molar-refractivity contribution in [2.45, 2.75) is 24.2 Å². The van der Waals surface area contributed by atoms with E-state index in [1.165, 1.54) is 6.07 Å². The topological polar surface area (TPSA) is 54.5 Å². The van der Waals surface area contributed by atoms with Crippen molar-refractivity contribution in [3.05, 3.63) is 53.1 Å². The van der Waals surface area contributed by atoms with Crippen molar-refractivity contribution in [3.63, 3.8) is 0 Å². The maximum Gasteiger partial charge on any atom is 0.282 e. The van der Waals surface area contributed by atoms with Gasteiger partial charge in [0.1, 0.15) is 0 Å². The monoisotopic (exact) mass is 413 g/mol. The minimum atomic E-state index is -3.42. The summed E-state index contributed by atoms with van der Waals surface area (Å²) in [5.41, 5.74) is 1.76. The minimum absolute atomic E-state index is 0.0262. The number of carbonyl (C=O) groups is 1. The van der Waals surface area contributed by atoms with Crippen molar-refractivity contribution in [1.82, 2.24) is 4.90 Å². The molecule has 0 saturated carbocycles. The molecule has 1 amide bonds. The maximum absolute atomic E-state index is 12.9. The van der Waals surface area contributed by atoms with Crippen LogP contribution in [0.3, 0.4) is 0 Å². The van der Waals surface area contributed by atoms with Gasteiger partial charge in [0, 0.05) is 5.56 Å². The fraction of sp³-hybridized carbons (Fsp3) is 0.316. The van der Waals surface area contributed by atoms with Crippen LogP contribution >= 0.6 is 11.6 Å². The Morgan fingerprint density at radius 1 is 1.11 bits per heavy atom. The Hall–Kier alpha value is -1.99. The van der Waals surface area contributed by atoms with Crippen LogP contribution in [-0.4, -0.2) is 44.0 Å². The average Bonchev–Trinajstić information content (AvgIpc) is 2.58. The molecule has 27 heavy (non-hydrogen) atoms. The van der Waals surface area contributed by atoms with E-state index >= 15 is 0 Å². The van der Waals surface area contributed by atoms with E-state index in [4.69, 9.17) is 11.6 Å². The summed E-state index contributed by atoms with van der Waals surface area (Å²) in [4.78, 5) is 13.3. The van der Waals surface area contributed by atoms with Gasteiger partial charge in [-0.15, -0.1) is 0 Å². The highest BCUT2D eigenvalue weighted by atomic mass is 35.5. The molecule has 0 atom stereocenters. The number of hydrogen-bond acceptors (Lipinski definition) is 3. The summed E-state index contributed by atoms with van der Waals surface area (Å²) in [7, 11) is -3.42. The molecule has 0 bridgehead atoms. The SMILES string of the molecule is CCCS(=O)(=O)c1ccc(-c2ccc(C(=O)N3CC(F)(F)C3)cc2)cc1Cl. The number of carbonyl (C=O) groups excluding carboxylic acids is 1. The molecule has 2 aromatic carbocycles. The Labute approximate surface area is 161 Å². The van der Waals surface area contributed by atoms with Gasteiger partial charge < -0.3 is 4.90 Å². The van der Waals surface area contributed by atoms with Crippen LogP contribution in [0.4, 0.5) is 8.78 Å². The van der Waals surface area contributed by atoms with Crippen molar-refractivity contribution in [1.29, 1.82) is 0 Å². The number of sulfone groups is 1. The summed E-state index contributed by atoms with van der Waals surface area (Å²) in [6.45, 7) is 0.664. The lowest BCUT2D eigenvalue weighted by Gasteiger charge is -2.38. The molecule has 1 aliphatic heterocycles. The van der Waals surface area contributed by atoms with Crippen LogP contribution < -0.4 is 0 Å². The second kappa shape index (κ2) is 7.20. The van der Waals surface area contributed by atoms with E-state index in [9.17, 15) is 22.0 Å². The Morgan fingerprint density at radius 2 is 1.70 bits per heavy atom. The van der Waals surface area contributed by atoms with Gasteiger partial charge in [-0.25, -0.2) is 17.2 Å². The van der Waals surface area contributed by atoms with E-state index in [1.54, 1.807) is 43.3 Å². The van der Waals surface area contributed by atoms with Crippen LogP contribution in [0.5, 0.6) is 0 Å². The van der Waals surface area contributed by atoms with Gasteiger partial charge >= 0.3 is 0 Å². The number of amides is 1. The number of rotatable bonds is 5. The van der Waals surface area contributed by atoms with Gasteiger partial charge in [0.2, 0.25) is 0 Å². The third-order valence-corrected chi connectivity index (χ3v) is 6.73. The van der Waals surface area contributed by atoms with Crippen LogP contribution in [0, 0.1) is 0 Å². The highest BCUT2D eigenvalue weighted by molar-refractivity contribution is 7.91. The molecule has 1 aliphatic rings. The van der Waals surface area contributed by atoms with Crippen LogP contribution in [0.15, 0.2) is 47.4 Å². The molecule has 0 N–H and O–H groups in total. The molecular formula is C19H18ClF2NO3S. The number of benzene rings is 2. The Bertz CT molecular complexity index is 967. The van der Waals surface area contributed by atoms with E-state index in [1.807, 2.05) is 0 Å². The largest absolute Gasteiger partial charge is 0.326 e. The van der Waals surface area contributed by atoms with Crippen molar-refractivity contribution < 1.29 is 22.0 Å². The maximum atomic E-state index is 12.9. The summed E-state index contributed by atoms with van der Waals surface area (Å²) in [5, 5.41) is 0.143. The lowest BCUT2D eigenvalue weighted by molar-refractivity contribution is -0.113. The first kappa shape index (κ1) is 19.8. The lowest BCUT2D eigenvalue weighted by atomic mass is 10.0. The molecule has 0 unspecified atom stereocenters. The zero-order chi connectivity index (χ0) is 19.8. The molecule has 0 spiro atoms. The van der Waals surface area contributed by atoms with E-state index < -0.39 is 34.8 Å². The second-order valence-electron chi connectivity index (χ2n) is 6.56. The highest BCUT2D eigenvalue weighted by Gasteiger charge is 2.46. The van der Waals surface area contributed by atoms with Gasteiger partial charge in [-0.2, -0.15) is 0 Å². The van der Waals surface area contributed by atoms with Gasteiger partial charge in [-0.05, 0) is 41.8 Å². The van der Waals surface area contributed by atoms with Crippen LogP contribution in [0.25, 0.3) is 11.1 Å². The first-order chi connectivity index (χ1) is 12.6. The fourth-order valence-corrected chi connectivity index (χ4v) is 4.88. The van der Waals surface area contributed by atoms with Gasteiger partial charge in [-0.1, -0.05) is 36.7 Å². The molecule has 1 fully saturated rings. The van der Waals surface area contributed by atoms with Gasteiger partial charge in [0.15, 0.2) is 9.84 Å². The smallest absolute Gasteiger partial charge is 0.282 e. The molecule has 8 heteroatoms. The highest BCUT2D eigenvalue weighted by Crippen LogP contribution is 2.31. The number of nitrogens with zero attached hydrogens (tertiary/aromatic N) is 1. The minimum Gasteiger partial charge on any atom is -0.326 e. The number of likely N-dealkylation sites (tertiary alicyclic amines) is 1. The Morgan fingerprint density at radius 3 is 2.22 bits per heavy atom. The molecule has 4 nitrogen and oxygen atoms in total. The molecule has 144 valence electrons. The molecule has 1 saturated heterocycles. The first-order valence-corrected chi connectivity index (χ1v) is 10.5. The zero-order valence-electron chi connectivity index (χ0n) is 14.6. The number of hydrogen-bond donors (Lipinski definition) is 0. The molecule has 3 rings (SSSR count). The van der Waals surface area contributed by atoms with Crippen molar-refractivity contribution in [2.24, 2.45) is 0 Å². The number of alkyl halides is 2. The van der Waals surface area contributed by atoms with E-state index in [0.717, 1.165) is 10.5 Å². The summed E-state index contributed by atoms with van der Waals surface area (Å²) in [5.74, 6) is -3.21. The molecule has 1 heterocycles. The first-order valence-electron chi connectivity index (χ1n) is 8.43. The Kier molecular flexibility index (Phi) is 5.27. The summed E-state index contributed by atoms with van der Waals surface area (Å²) in [6.07, 6.45) is 0.499. The second-order valence-corrected chi connectivity index (χ2v) is 9.04. The normalized spacial score (nSPS) is 16.1. The molecule has 0 radical (unpaired) electrons. The third kappa shape index (κ3) is 4.14. The van der Waals surface area contributed by atoms with Crippen LogP contribution in [0.1, 0.15) is 23.7 Å².